The molecule has 0 aliphatic rings. The van der Waals surface area contributed by atoms with Gasteiger partial charge in [0.15, 0.2) is 5.16 Å². The van der Waals surface area contributed by atoms with Crippen LogP contribution >= 0.6 is 35.0 Å². The van der Waals surface area contributed by atoms with Gasteiger partial charge in [0.1, 0.15) is 0 Å². The highest BCUT2D eigenvalue weighted by atomic mass is 35.5. The van der Waals surface area contributed by atoms with Gasteiger partial charge in [-0.05, 0) is 24.6 Å². The van der Waals surface area contributed by atoms with Crippen molar-refractivity contribution in [1.29, 1.82) is 0 Å². The molecule has 0 atom stereocenters. The number of carbonyl (C=O) groups is 1. The summed E-state index contributed by atoms with van der Waals surface area (Å²) in [4.78, 5) is 17.5. The van der Waals surface area contributed by atoms with Crippen molar-refractivity contribution >= 4 is 40.9 Å². The predicted octanol–water partition coefficient (Wildman–Crippen LogP) is 7.46. The minimum Gasteiger partial charge on any atom is -0.351 e. The van der Waals surface area contributed by atoms with Gasteiger partial charge >= 0.3 is 0 Å². The van der Waals surface area contributed by atoms with Gasteiger partial charge in [-0.15, -0.1) is 0 Å². The minimum absolute atomic E-state index is 0.175. The normalized spacial score (nSPS) is 10.9. The summed E-state index contributed by atoms with van der Waals surface area (Å²) >= 11 is 13.6. The summed E-state index contributed by atoms with van der Waals surface area (Å²) in [6, 6.07) is 25.5. The number of benzene rings is 3. The van der Waals surface area contributed by atoms with Crippen molar-refractivity contribution in [2.45, 2.75) is 25.0 Å². The van der Waals surface area contributed by atoms with E-state index in [0.29, 0.717) is 27.9 Å². The fourth-order valence-corrected chi connectivity index (χ4v) is 4.88. The van der Waals surface area contributed by atoms with E-state index in [1.54, 1.807) is 30.0 Å². The SMILES string of the molecule is CCCn1c(SCCNC(=O)c2ccc(Cl)c(Cl)c2)nc(-c2ccccc2)c1-c1ccccc1. The summed E-state index contributed by atoms with van der Waals surface area (Å²) in [5, 5.41) is 4.70. The maximum atomic E-state index is 12.5. The van der Waals surface area contributed by atoms with Crippen molar-refractivity contribution < 1.29 is 4.79 Å². The summed E-state index contributed by atoms with van der Waals surface area (Å²) in [5.41, 5.74) is 4.82. The lowest BCUT2D eigenvalue weighted by molar-refractivity contribution is 0.0956. The first-order valence-corrected chi connectivity index (χ1v) is 12.9. The molecular formula is C27H25Cl2N3OS. The van der Waals surface area contributed by atoms with E-state index in [1.165, 1.54) is 0 Å². The smallest absolute Gasteiger partial charge is 0.251 e. The van der Waals surface area contributed by atoms with Gasteiger partial charge in [0.25, 0.3) is 5.91 Å². The Bertz CT molecular complexity index is 1260. The molecule has 1 heterocycles. The number of carbonyl (C=O) groups excluding carboxylic acids is 1. The van der Waals surface area contributed by atoms with Gasteiger partial charge in [-0.2, -0.15) is 0 Å². The Morgan fingerprint density at radius 2 is 1.62 bits per heavy atom. The quantitative estimate of drug-likeness (QED) is 0.188. The zero-order valence-electron chi connectivity index (χ0n) is 18.8. The molecule has 0 radical (unpaired) electrons. The molecule has 4 nitrogen and oxygen atoms in total. The lowest BCUT2D eigenvalue weighted by Crippen LogP contribution is -2.25. The fourth-order valence-electron chi connectivity index (χ4n) is 3.71. The van der Waals surface area contributed by atoms with Crippen molar-refractivity contribution in [1.82, 2.24) is 14.9 Å². The van der Waals surface area contributed by atoms with Crippen molar-refractivity contribution in [3.63, 3.8) is 0 Å². The van der Waals surface area contributed by atoms with Crippen LogP contribution in [0.4, 0.5) is 0 Å². The van der Waals surface area contributed by atoms with E-state index in [-0.39, 0.29) is 5.91 Å². The van der Waals surface area contributed by atoms with E-state index in [4.69, 9.17) is 28.2 Å². The highest BCUT2D eigenvalue weighted by Crippen LogP contribution is 2.36. The van der Waals surface area contributed by atoms with Gasteiger partial charge < -0.3 is 9.88 Å². The molecule has 34 heavy (non-hydrogen) atoms. The average Bonchev–Trinajstić information content (AvgIpc) is 3.23. The van der Waals surface area contributed by atoms with E-state index in [2.05, 4.69) is 53.2 Å². The Morgan fingerprint density at radius 3 is 2.26 bits per heavy atom. The van der Waals surface area contributed by atoms with Gasteiger partial charge in [-0.1, -0.05) is 103 Å². The zero-order chi connectivity index (χ0) is 23.9. The first kappa shape index (κ1) is 24.4. The molecule has 4 rings (SSSR count). The summed E-state index contributed by atoms with van der Waals surface area (Å²) in [6.45, 7) is 3.54. The van der Waals surface area contributed by atoms with Crippen LogP contribution in [0, 0.1) is 0 Å². The van der Waals surface area contributed by atoms with Gasteiger partial charge in [-0.3, -0.25) is 4.79 Å². The molecule has 0 aliphatic carbocycles. The lowest BCUT2D eigenvalue weighted by atomic mass is 10.0. The molecule has 1 N–H and O–H groups in total. The Morgan fingerprint density at radius 1 is 0.941 bits per heavy atom. The molecule has 7 heteroatoms. The fraction of sp³-hybridized carbons (Fsp3) is 0.185. The third-order valence-corrected chi connectivity index (χ3v) is 6.99. The van der Waals surface area contributed by atoms with E-state index < -0.39 is 0 Å². The number of thioether (sulfide) groups is 1. The number of nitrogens with one attached hydrogen (secondary N) is 1. The Balaban J connectivity index is 1.55. The molecule has 0 spiro atoms. The Labute approximate surface area is 214 Å². The third kappa shape index (κ3) is 5.66. The average molecular weight is 510 g/mol. The van der Waals surface area contributed by atoms with Gasteiger partial charge in [0, 0.05) is 35.5 Å². The lowest BCUT2D eigenvalue weighted by Gasteiger charge is -2.12. The molecule has 1 aromatic heterocycles. The number of amides is 1. The number of imidazole rings is 1. The molecule has 0 fully saturated rings. The van der Waals surface area contributed by atoms with Gasteiger partial charge in [0.2, 0.25) is 0 Å². The molecule has 174 valence electrons. The number of aromatic nitrogens is 2. The molecule has 3 aromatic carbocycles. The molecule has 0 aliphatic heterocycles. The van der Waals surface area contributed by atoms with Crippen molar-refractivity contribution in [2.75, 3.05) is 12.3 Å². The van der Waals surface area contributed by atoms with E-state index in [9.17, 15) is 4.79 Å². The Kier molecular flexibility index (Phi) is 8.33. The van der Waals surface area contributed by atoms with Gasteiger partial charge in [0.05, 0.1) is 21.4 Å². The van der Waals surface area contributed by atoms with Crippen LogP contribution in [0.15, 0.2) is 84.0 Å². The number of hydrogen-bond acceptors (Lipinski definition) is 3. The van der Waals surface area contributed by atoms with Crippen LogP contribution in [0.1, 0.15) is 23.7 Å². The monoisotopic (exact) mass is 509 g/mol. The Hall–Kier alpha value is -2.73. The third-order valence-electron chi connectivity index (χ3n) is 5.27. The van der Waals surface area contributed by atoms with Crippen molar-refractivity contribution in [3.05, 3.63) is 94.5 Å². The zero-order valence-corrected chi connectivity index (χ0v) is 21.1. The summed E-state index contributed by atoms with van der Waals surface area (Å²) in [6.07, 6.45) is 0.992. The molecule has 0 saturated carbocycles. The second-order valence-electron chi connectivity index (χ2n) is 7.71. The highest BCUT2D eigenvalue weighted by molar-refractivity contribution is 7.99. The molecule has 4 aromatic rings. The largest absolute Gasteiger partial charge is 0.351 e. The maximum Gasteiger partial charge on any atom is 0.251 e. The number of nitrogens with zero attached hydrogens (tertiary/aromatic N) is 2. The van der Waals surface area contributed by atoms with Crippen LogP contribution in [-0.4, -0.2) is 27.8 Å². The van der Waals surface area contributed by atoms with Crippen LogP contribution in [-0.2, 0) is 6.54 Å². The van der Waals surface area contributed by atoms with Crippen molar-refractivity contribution in [3.8, 4) is 22.5 Å². The predicted molar refractivity (Wildman–Crippen MR) is 143 cm³/mol. The maximum absolute atomic E-state index is 12.5. The molecule has 1 amide bonds. The molecular weight excluding hydrogens is 485 g/mol. The van der Waals surface area contributed by atoms with Gasteiger partial charge in [-0.25, -0.2) is 4.98 Å². The number of rotatable bonds is 9. The van der Waals surface area contributed by atoms with E-state index in [0.717, 1.165) is 40.6 Å². The van der Waals surface area contributed by atoms with Crippen LogP contribution in [0.2, 0.25) is 10.0 Å². The second-order valence-corrected chi connectivity index (χ2v) is 9.59. The highest BCUT2D eigenvalue weighted by Gasteiger charge is 2.20. The van der Waals surface area contributed by atoms with Crippen LogP contribution in [0.3, 0.4) is 0 Å². The molecule has 0 saturated heterocycles. The minimum atomic E-state index is -0.175. The van der Waals surface area contributed by atoms with Crippen LogP contribution < -0.4 is 5.32 Å². The van der Waals surface area contributed by atoms with Crippen LogP contribution in [0.25, 0.3) is 22.5 Å². The topological polar surface area (TPSA) is 46.9 Å². The van der Waals surface area contributed by atoms with Crippen LogP contribution in [0.5, 0.6) is 0 Å². The van der Waals surface area contributed by atoms with E-state index in [1.807, 2.05) is 24.3 Å². The number of hydrogen-bond donors (Lipinski definition) is 1. The summed E-state index contributed by atoms with van der Waals surface area (Å²) in [5.74, 6) is 0.516. The van der Waals surface area contributed by atoms with Crippen molar-refractivity contribution in [2.24, 2.45) is 0 Å². The summed E-state index contributed by atoms with van der Waals surface area (Å²) in [7, 11) is 0. The van der Waals surface area contributed by atoms with E-state index >= 15 is 0 Å². The first-order chi connectivity index (χ1) is 16.6. The molecule has 0 unspecified atom stereocenters. The first-order valence-electron chi connectivity index (χ1n) is 11.2. The standard InChI is InChI=1S/C27H25Cl2N3OS/c1-2-16-32-25(20-11-7-4-8-12-20)24(19-9-5-3-6-10-19)31-27(32)34-17-15-30-26(33)21-13-14-22(28)23(29)18-21/h3-14,18H,2,15-17H2,1H3,(H,30,33). The number of halogens is 2. The summed E-state index contributed by atoms with van der Waals surface area (Å²) < 4.78 is 2.29. The molecule has 0 bridgehead atoms. The second kappa shape index (κ2) is 11.6.